The monoisotopic (exact) mass is 304 g/mol. The molecule has 1 rings (SSSR count). The van der Waals surface area contributed by atoms with Crippen LogP contribution in [0, 0.1) is 0 Å². The molecule has 0 unspecified atom stereocenters. The molecule has 0 aliphatic heterocycles. The predicted octanol–water partition coefficient (Wildman–Crippen LogP) is 2.71. The molecule has 0 saturated carbocycles. The Kier molecular flexibility index (Phi) is 4.46. The topological polar surface area (TPSA) is 52.6 Å². The van der Waals surface area contributed by atoms with Crippen LogP contribution < -0.4 is 4.74 Å². The van der Waals surface area contributed by atoms with Gasteiger partial charge in [-0.2, -0.15) is 21.6 Å². The summed E-state index contributed by atoms with van der Waals surface area (Å²) in [4.78, 5) is 0. The lowest BCUT2D eigenvalue weighted by Crippen LogP contribution is -2.25. The number of benzene rings is 1. The SMILES string of the molecule is COc1cccc(Cl)c1COS(=O)(=O)C(F)(F)F. The van der Waals surface area contributed by atoms with Crippen LogP contribution in [0.4, 0.5) is 13.2 Å². The normalized spacial score (nSPS) is 12.5. The maximum Gasteiger partial charge on any atom is 0.523 e. The van der Waals surface area contributed by atoms with Gasteiger partial charge in [-0.1, -0.05) is 17.7 Å². The molecular weight excluding hydrogens is 297 g/mol. The van der Waals surface area contributed by atoms with Crippen LogP contribution in [-0.2, 0) is 20.9 Å². The summed E-state index contributed by atoms with van der Waals surface area (Å²) < 4.78 is 66.3. The van der Waals surface area contributed by atoms with Crippen molar-refractivity contribution in [1.82, 2.24) is 0 Å². The number of halogens is 4. The van der Waals surface area contributed by atoms with Gasteiger partial charge in [0, 0.05) is 10.6 Å². The Bertz CT molecular complexity index is 527. The van der Waals surface area contributed by atoms with Crippen LogP contribution in [0.3, 0.4) is 0 Å². The fourth-order valence-electron chi connectivity index (χ4n) is 1.07. The molecule has 0 N–H and O–H groups in total. The van der Waals surface area contributed by atoms with Crippen molar-refractivity contribution in [3.63, 3.8) is 0 Å². The summed E-state index contributed by atoms with van der Waals surface area (Å²) in [5, 5.41) is 0.0479. The van der Waals surface area contributed by atoms with E-state index in [2.05, 4.69) is 4.18 Å². The predicted molar refractivity (Wildman–Crippen MR) is 57.8 cm³/mol. The Morgan fingerprint density at radius 1 is 1.33 bits per heavy atom. The van der Waals surface area contributed by atoms with E-state index < -0.39 is 22.2 Å². The first kappa shape index (κ1) is 15.1. The largest absolute Gasteiger partial charge is 0.523 e. The van der Waals surface area contributed by atoms with Crippen molar-refractivity contribution in [3.8, 4) is 5.75 Å². The minimum Gasteiger partial charge on any atom is -0.496 e. The summed E-state index contributed by atoms with van der Waals surface area (Å²) in [6.45, 7) is -0.856. The Morgan fingerprint density at radius 3 is 2.44 bits per heavy atom. The molecule has 0 heterocycles. The quantitative estimate of drug-likeness (QED) is 0.634. The number of ether oxygens (including phenoxy) is 1. The minimum absolute atomic E-state index is 0.0227. The van der Waals surface area contributed by atoms with Gasteiger partial charge >= 0.3 is 15.6 Å². The zero-order valence-electron chi connectivity index (χ0n) is 8.99. The summed E-state index contributed by atoms with van der Waals surface area (Å²) in [5.74, 6) is 0.139. The highest BCUT2D eigenvalue weighted by Crippen LogP contribution is 2.30. The van der Waals surface area contributed by atoms with Crippen LogP contribution in [0.2, 0.25) is 5.02 Å². The van der Waals surface area contributed by atoms with Gasteiger partial charge in [0.2, 0.25) is 0 Å². The molecule has 0 aliphatic carbocycles. The second kappa shape index (κ2) is 5.33. The van der Waals surface area contributed by atoms with Crippen molar-refractivity contribution in [2.75, 3.05) is 7.11 Å². The Labute approximate surface area is 106 Å². The summed E-state index contributed by atoms with van der Waals surface area (Å²) >= 11 is 5.72. The molecule has 0 spiro atoms. The highest BCUT2D eigenvalue weighted by molar-refractivity contribution is 7.87. The number of alkyl halides is 3. The van der Waals surface area contributed by atoms with E-state index in [-0.39, 0.29) is 16.3 Å². The molecule has 0 saturated heterocycles. The standard InChI is InChI=1S/C9H8ClF3O4S/c1-16-8-4-2-3-7(10)6(8)5-17-18(14,15)9(11,12)13/h2-4H,5H2,1H3. The van der Waals surface area contributed by atoms with Gasteiger partial charge in [0.15, 0.2) is 0 Å². The maximum atomic E-state index is 12.0. The van der Waals surface area contributed by atoms with Gasteiger partial charge in [-0.05, 0) is 12.1 Å². The lowest BCUT2D eigenvalue weighted by molar-refractivity contribution is -0.0548. The molecule has 18 heavy (non-hydrogen) atoms. The average Bonchev–Trinajstić information content (AvgIpc) is 2.25. The first-order valence-corrected chi connectivity index (χ1v) is 6.24. The van der Waals surface area contributed by atoms with Crippen LogP contribution in [0.1, 0.15) is 5.56 Å². The second-order valence-electron chi connectivity index (χ2n) is 3.08. The third-order valence-corrected chi connectivity index (χ3v) is 3.29. The Balaban J connectivity index is 2.95. The molecule has 9 heteroatoms. The third-order valence-electron chi connectivity index (χ3n) is 1.94. The molecule has 1 aromatic rings. The number of methoxy groups -OCH3 is 1. The molecule has 1 aromatic carbocycles. The summed E-state index contributed by atoms with van der Waals surface area (Å²) in [5.41, 5.74) is -5.45. The van der Waals surface area contributed by atoms with Gasteiger partial charge in [0.05, 0.1) is 13.7 Å². The smallest absolute Gasteiger partial charge is 0.496 e. The van der Waals surface area contributed by atoms with Gasteiger partial charge in [0.1, 0.15) is 5.75 Å². The highest BCUT2D eigenvalue weighted by atomic mass is 35.5. The van der Waals surface area contributed by atoms with Crippen molar-refractivity contribution in [2.45, 2.75) is 12.1 Å². The van der Waals surface area contributed by atoms with E-state index in [0.29, 0.717) is 0 Å². The molecule has 0 radical (unpaired) electrons. The van der Waals surface area contributed by atoms with Gasteiger partial charge in [-0.3, -0.25) is 4.18 Å². The van der Waals surface area contributed by atoms with E-state index in [0.717, 1.165) is 0 Å². The van der Waals surface area contributed by atoms with E-state index in [1.165, 1.54) is 25.3 Å². The minimum atomic E-state index is -5.65. The Hall–Kier alpha value is -0.990. The molecule has 0 aromatic heterocycles. The number of rotatable bonds is 4. The van der Waals surface area contributed by atoms with E-state index >= 15 is 0 Å². The van der Waals surface area contributed by atoms with E-state index in [1.54, 1.807) is 0 Å². The average molecular weight is 305 g/mol. The second-order valence-corrected chi connectivity index (χ2v) is 5.10. The van der Waals surface area contributed by atoms with Crippen molar-refractivity contribution < 1.29 is 30.5 Å². The molecule has 4 nitrogen and oxygen atoms in total. The number of hydrogen-bond donors (Lipinski definition) is 0. The van der Waals surface area contributed by atoms with Crippen molar-refractivity contribution in [1.29, 1.82) is 0 Å². The summed E-state index contributed by atoms with van der Waals surface area (Å²) in [7, 11) is -4.38. The van der Waals surface area contributed by atoms with Crippen LogP contribution in [0.25, 0.3) is 0 Å². The summed E-state index contributed by atoms with van der Waals surface area (Å²) in [6.07, 6.45) is 0. The van der Waals surface area contributed by atoms with Gasteiger partial charge < -0.3 is 4.74 Å². The van der Waals surface area contributed by atoms with Crippen LogP contribution in [0.15, 0.2) is 18.2 Å². The van der Waals surface area contributed by atoms with Crippen molar-refractivity contribution >= 4 is 21.7 Å². The number of hydrogen-bond acceptors (Lipinski definition) is 4. The fourth-order valence-corrected chi connectivity index (χ4v) is 1.70. The molecule has 0 amide bonds. The maximum absolute atomic E-state index is 12.0. The first-order valence-electron chi connectivity index (χ1n) is 4.46. The van der Waals surface area contributed by atoms with Crippen molar-refractivity contribution in [2.24, 2.45) is 0 Å². The zero-order chi connectivity index (χ0) is 14.0. The summed E-state index contributed by atoms with van der Waals surface area (Å²) in [6, 6.07) is 4.30. The van der Waals surface area contributed by atoms with Crippen LogP contribution in [0.5, 0.6) is 5.75 Å². The third kappa shape index (κ3) is 3.27. The van der Waals surface area contributed by atoms with Gasteiger partial charge in [0.25, 0.3) is 0 Å². The molecule has 0 bridgehead atoms. The highest BCUT2D eigenvalue weighted by Gasteiger charge is 2.47. The van der Waals surface area contributed by atoms with Gasteiger partial charge in [-0.15, -0.1) is 0 Å². The lowest BCUT2D eigenvalue weighted by Gasteiger charge is -2.12. The fraction of sp³-hybridized carbons (Fsp3) is 0.333. The molecule has 0 aliphatic rings. The van der Waals surface area contributed by atoms with E-state index in [9.17, 15) is 21.6 Å². The Morgan fingerprint density at radius 2 is 1.94 bits per heavy atom. The van der Waals surface area contributed by atoms with Crippen LogP contribution >= 0.6 is 11.6 Å². The van der Waals surface area contributed by atoms with E-state index in [1.807, 2.05) is 0 Å². The molecule has 0 fully saturated rings. The van der Waals surface area contributed by atoms with E-state index in [4.69, 9.17) is 16.3 Å². The lowest BCUT2D eigenvalue weighted by atomic mass is 10.2. The molecule has 0 atom stereocenters. The molecular formula is C9H8ClF3O4S. The van der Waals surface area contributed by atoms with Crippen molar-refractivity contribution in [3.05, 3.63) is 28.8 Å². The first-order chi connectivity index (χ1) is 8.19. The van der Waals surface area contributed by atoms with Gasteiger partial charge in [-0.25, -0.2) is 0 Å². The zero-order valence-corrected chi connectivity index (χ0v) is 10.6. The molecule has 102 valence electrons. The van der Waals surface area contributed by atoms with Crippen LogP contribution in [-0.4, -0.2) is 21.0 Å².